The average Bonchev–Trinajstić information content (AvgIpc) is 2.37. The summed E-state index contributed by atoms with van der Waals surface area (Å²) in [6, 6.07) is 11.8. The van der Waals surface area contributed by atoms with E-state index in [1.165, 1.54) is 6.26 Å². The average molecular weight is 304 g/mol. The number of nitrogens with zero attached hydrogens (tertiary/aromatic N) is 1. The highest BCUT2D eigenvalue weighted by Gasteiger charge is 2.09. The zero-order chi connectivity index (χ0) is 15.5. The number of anilines is 1. The Bertz CT molecular complexity index is 753. The second-order valence-electron chi connectivity index (χ2n) is 4.89. The van der Waals surface area contributed by atoms with Crippen LogP contribution in [0.1, 0.15) is 21.6 Å². The number of sulfone groups is 1. The van der Waals surface area contributed by atoms with Crippen molar-refractivity contribution in [1.82, 2.24) is 4.98 Å². The molecule has 5 nitrogen and oxygen atoms in total. The van der Waals surface area contributed by atoms with Crippen LogP contribution in [0, 0.1) is 6.92 Å². The predicted molar refractivity (Wildman–Crippen MR) is 81.9 cm³/mol. The van der Waals surface area contributed by atoms with Gasteiger partial charge < -0.3 is 5.32 Å². The lowest BCUT2D eigenvalue weighted by Gasteiger charge is -2.06. The second-order valence-corrected chi connectivity index (χ2v) is 7.03. The van der Waals surface area contributed by atoms with Crippen molar-refractivity contribution in [2.45, 2.75) is 12.7 Å². The number of carbonyl (C=O) groups is 1. The van der Waals surface area contributed by atoms with Gasteiger partial charge in [-0.2, -0.15) is 0 Å². The van der Waals surface area contributed by atoms with Crippen LogP contribution >= 0.6 is 0 Å². The zero-order valence-corrected chi connectivity index (χ0v) is 12.6. The monoisotopic (exact) mass is 304 g/mol. The second kappa shape index (κ2) is 6.05. The third-order valence-corrected chi connectivity index (χ3v) is 3.63. The molecule has 1 heterocycles. The van der Waals surface area contributed by atoms with E-state index in [2.05, 4.69) is 10.3 Å². The van der Waals surface area contributed by atoms with Gasteiger partial charge in [-0.25, -0.2) is 13.4 Å². The van der Waals surface area contributed by atoms with Crippen molar-refractivity contribution < 1.29 is 13.2 Å². The molecule has 0 atom stereocenters. The summed E-state index contributed by atoms with van der Waals surface area (Å²) in [6.07, 6.45) is 1.18. The summed E-state index contributed by atoms with van der Waals surface area (Å²) in [7, 11) is -3.07. The van der Waals surface area contributed by atoms with Crippen LogP contribution in [0.3, 0.4) is 0 Å². The van der Waals surface area contributed by atoms with Crippen LogP contribution in [0.4, 0.5) is 5.82 Å². The van der Waals surface area contributed by atoms with Gasteiger partial charge in [0.1, 0.15) is 5.82 Å². The van der Waals surface area contributed by atoms with Crippen LogP contribution < -0.4 is 5.32 Å². The van der Waals surface area contributed by atoms with Crippen molar-refractivity contribution in [3.63, 3.8) is 0 Å². The Morgan fingerprint density at radius 1 is 1.14 bits per heavy atom. The highest BCUT2D eigenvalue weighted by molar-refractivity contribution is 7.89. The van der Waals surface area contributed by atoms with E-state index in [1.54, 1.807) is 30.3 Å². The summed E-state index contributed by atoms with van der Waals surface area (Å²) in [5.74, 6) is 0.174. The van der Waals surface area contributed by atoms with Crippen LogP contribution in [0.25, 0.3) is 0 Å². The number of carbonyl (C=O) groups excluding carboxylic acids is 1. The smallest absolute Gasteiger partial charge is 0.256 e. The molecule has 0 aliphatic heterocycles. The summed E-state index contributed by atoms with van der Waals surface area (Å²) < 4.78 is 22.4. The highest BCUT2D eigenvalue weighted by Crippen LogP contribution is 2.10. The summed E-state index contributed by atoms with van der Waals surface area (Å²) in [5, 5.41) is 2.70. The Morgan fingerprint density at radius 3 is 2.38 bits per heavy atom. The first-order chi connectivity index (χ1) is 9.83. The summed E-state index contributed by atoms with van der Waals surface area (Å²) in [6.45, 7) is 1.84. The molecule has 0 saturated carbocycles. The molecule has 1 amide bonds. The summed E-state index contributed by atoms with van der Waals surface area (Å²) in [5.41, 5.74) is 1.93. The van der Waals surface area contributed by atoms with Crippen molar-refractivity contribution in [2.75, 3.05) is 11.6 Å². The van der Waals surface area contributed by atoms with Crippen LogP contribution in [0.15, 0.2) is 42.5 Å². The Morgan fingerprint density at radius 2 is 1.81 bits per heavy atom. The van der Waals surface area contributed by atoms with Gasteiger partial charge in [0.25, 0.3) is 5.91 Å². The number of nitrogens with one attached hydrogen (secondary N) is 1. The number of aryl methyl sites for hydroxylation is 1. The maximum atomic E-state index is 12.1. The molecule has 0 spiro atoms. The summed E-state index contributed by atoms with van der Waals surface area (Å²) in [4.78, 5) is 16.2. The van der Waals surface area contributed by atoms with E-state index in [1.807, 2.05) is 19.1 Å². The maximum absolute atomic E-state index is 12.1. The first kappa shape index (κ1) is 15.2. The number of aromatic nitrogens is 1. The van der Waals surface area contributed by atoms with Gasteiger partial charge in [-0.05, 0) is 36.8 Å². The van der Waals surface area contributed by atoms with Gasteiger partial charge in [0.15, 0.2) is 9.84 Å². The fourth-order valence-corrected chi connectivity index (χ4v) is 2.65. The van der Waals surface area contributed by atoms with Gasteiger partial charge in [0.05, 0.1) is 5.75 Å². The zero-order valence-electron chi connectivity index (χ0n) is 11.8. The van der Waals surface area contributed by atoms with E-state index < -0.39 is 9.84 Å². The molecule has 0 aliphatic rings. The quantitative estimate of drug-likeness (QED) is 0.939. The Kier molecular flexibility index (Phi) is 4.37. The molecule has 2 aromatic rings. The summed E-state index contributed by atoms with van der Waals surface area (Å²) >= 11 is 0. The fourth-order valence-electron chi connectivity index (χ4n) is 1.86. The molecular weight excluding hydrogens is 288 g/mol. The number of hydrogen-bond donors (Lipinski definition) is 1. The first-order valence-electron chi connectivity index (χ1n) is 6.35. The lowest BCUT2D eigenvalue weighted by Crippen LogP contribution is -2.13. The van der Waals surface area contributed by atoms with Gasteiger partial charge in [-0.3, -0.25) is 4.79 Å². The maximum Gasteiger partial charge on any atom is 0.256 e. The van der Waals surface area contributed by atoms with Crippen molar-refractivity contribution in [2.24, 2.45) is 0 Å². The van der Waals surface area contributed by atoms with E-state index in [0.29, 0.717) is 16.9 Å². The van der Waals surface area contributed by atoms with Crippen molar-refractivity contribution in [1.29, 1.82) is 0 Å². The van der Waals surface area contributed by atoms with E-state index >= 15 is 0 Å². The molecule has 1 aromatic heterocycles. The predicted octanol–water partition coefficient (Wildman–Crippen LogP) is 2.19. The first-order valence-corrected chi connectivity index (χ1v) is 8.41. The Hall–Kier alpha value is -2.21. The standard InChI is InChI=1S/C15H16N2O3S/c1-11-4-3-5-14(16-11)17-15(18)13-8-6-12(7-9-13)10-21(2,19)20/h3-9H,10H2,1-2H3,(H,16,17,18). The molecule has 0 aliphatic carbocycles. The minimum atomic E-state index is -3.07. The highest BCUT2D eigenvalue weighted by atomic mass is 32.2. The molecule has 0 saturated heterocycles. The fraction of sp³-hybridized carbons (Fsp3) is 0.200. The topological polar surface area (TPSA) is 76.1 Å². The molecule has 0 radical (unpaired) electrons. The largest absolute Gasteiger partial charge is 0.307 e. The molecule has 110 valence electrons. The minimum absolute atomic E-state index is 0.0334. The molecule has 0 fully saturated rings. The molecule has 1 N–H and O–H groups in total. The lowest BCUT2D eigenvalue weighted by molar-refractivity contribution is 0.102. The lowest BCUT2D eigenvalue weighted by atomic mass is 10.1. The molecule has 1 aromatic carbocycles. The number of pyridine rings is 1. The van der Waals surface area contributed by atoms with Crippen LogP contribution in [0.2, 0.25) is 0 Å². The minimum Gasteiger partial charge on any atom is -0.307 e. The van der Waals surface area contributed by atoms with Crippen molar-refractivity contribution in [3.8, 4) is 0 Å². The number of benzene rings is 1. The normalized spacial score (nSPS) is 11.1. The van der Waals surface area contributed by atoms with E-state index in [4.69, 9.17) is 0 Å². The van der Waals surface area contributed by atoms with Crippen molar-refractivity contribution in [3.05, 3.63) is 59.3 Å². The van der Waals surface area contributed by atoms with Gasteiger partial charge in [0.2, 0.25) is 0 Å². The van der Waals surface area contributed by atoms with E-state index in [0.717, 1.165) is 5.69 Å². The van der Waals surface area contributed by atoms with Crippen LogP contribution in [-0.4, -0.2) is 25.6 Å². The van der Waals surface area contributed by atoms with E-state index in [9.17, 15) is 13.2 Å². The number of rotatable bonds is 4. The molecule has 6 heteroatoms. The molecule has 2 rings (SSSR count). The van der Waals surface area contributed by atoms with Gasteiger partial charge in [-0.15, -0.1) is 0 Å². The van der Waals surface area contributed by atoms with E-state index in [-0.39, 0.29) is 11.7 Å². The van der Waals surface area contributed by atoms with Gasteiger partial charge >= 0.3 is 0 Å². The third kappa shape index (κ3) is 4.68. The number of amides is 1. The number of hydrogen-bond acceptors (Lipinski definition) is 4. The SMILES string of the molecule is Cc1cccc(NC(=O)c2ccc(CS(C)(=O)=O)cc2)n1. The molecule has 0 unspecified atom stereocenters. The van der Waals surface area contributed by atoms with Crippen LogP contribution in [-0.2, 0) is 15.6 Å². The molecule has 0 bridgehead atoms. The van der Waals surface area contributed by atoms with Gasteiger partial charge in [0, 0.05) is 17.5 Å². The van der Waals surface area contributed by atoms with Gasteiger partial charge in [-0.1, -0.05) is 18.2 Å². The molecule has 21 heavy (non-hydrogen) atoms. The third-order valence-electron chi connectivity index (χ3n) is 2.77. The van der Waals surface area contributed by atoms with Crippen molar-refractivity contribution >= 4 is 21.6 Å². The molecular formula is C15H16N2O3S. The Balaban J connectivity index is 2.10. The Labute approximate surface area is 124 Å². The van der Waals surface area contributed by atoms with Crippen LogP contribution in [0.5, 0.6) is 0 Å².